The van der Waals surface area contributed by atoms with E-state index in [1.54, 1.807) is 31.3 Å². The highest BCUT2D eigenvalue weighted by Crippen LogP contribution is 2.03. The first kappa shape index (κ1) is 9.14. The maximum atomic E-state index is 11.3. The van der Waals surface area contributed by atoms with Crippen molar-refractivity contribution in [2.75, 3.05) is 7.05 Å². The Hall–Kier alpha value is -1.95. The first-order chi connectivity index (χ1) is 6.15. The molecule has 0 fully saturated rings. The molecule has 0 aliphatic rings. The molecule has 0 radical (unpaired) electrons. The van der Waals surface area contributed by atoms with Crippen LogP contribution in [0.5, 0.6) is 0 Å². The molecule has 13 heavy (non-hydrogen) atoms. The predicted octanol–water partition coefficient (Wildman–Crippen LogP) is 1.04. The molecule has 0 spiro atoms. The molecule has 1 aromatic carbocycles. The maximum Gasteiger partial charge on any atom is 0.418 e. The fraction of sp³-hybridized carbons (Fsp3) is 0.100. The molecule has 0 atom stereocenters. The van der Waals surface area contributed by atoms with E-state index in [4.69, 9.17) is 5.26 Å². The van der Waals surface area contributed by atoms with Crippen LogP contribution in [0.25, 0.3) is 0 Å². The van der Waals surface area contributed by atoms with Crippen molar-refractivity contribution < 1.29 is 9.37 Å². The van der Waals surface area contributed by atoms with Gasteiger partial charge < -0.3 is 0 Å². The smallest absolute Gasteiger partial charge is 0.214 e. The molecule has 0 N–H and O–H groups in total. The van der Waals surface area contributed by atoms with E-state index in [0.717, 1.165) is 0 Å². The molecule has 0 heterocycles. The van der Waals surface area contributed by atoms with Gasteiger partial charge in [-0.3, -0.25) is 0 Å². The van der Waals surface area contributed by atoms with Crippen LogP contribution in [0.15, 0.2) is 24.3 Å². The molecule has 0 aliphatic heterocycles. The van der Waals surface area contributed by atoms with E-state index in [9.17, 15) is 4.79 Å². The number of amides is 1. The van der Waals surface area contributed by atoms with Crippen molar-refractivity contribution in [2.24, 2.45) is 0 Å². The zero-order valence-electron chi connectivity index (χ0n) is 7.32. The van der Waals surface area contributed by atoms with E-state index < -0.39 is 0 Å². The summed E-state index contributed by atoms with van der Waals surface area (Å²) in [5.41, 5.74) is 1.08. The van der Waals surface area contributed by atoms with Gasteiger partial charge in [-0.1, -0.05) is 0 Å². The highest BCUT2D eigenvalue weighted by molar-refractivity contribution is 5.88. The van der Waals surface area contributed by atoms with Crippen LogP contribution in [-0.4, -0.2) is 24.2 Å². The summed E-state index contributed by atoms with van der Waals surface area (Å²) in [6.45, 7) is 3.48. The second-order valence-electron chi connectivity index (χ2n) is 2.69. The van der Waals surface area contributed by atoms with Gasteiger partial charge in [0, 0.05) is 0 Å². The van der Waals surface area contributed by atoms with Crippen LogP contribution in [0.4, 0.5) is 0 Å². The first-order valence-electron chi connectivity index (χ1n) is 3.74. The van der Waals surface area contributed by atoms with Crippen molar-refractivity contribution in [1.29, 1.82) is 5.26 Å². The van der Waals surface area contributed by atoms with Crippen LogP contribution in [0.2, 0.25) is 0 Å². The Morgan fingerprint density at radius 2 is 2.00 bits per heavy atom. The number of benzene rings is 1. The average molecular weight is 173 g/mol. The molecular formula is C10H9N2O+. The summed E-state index contributed by atoms with van der Waals surface area (Å²) >= 11 is 0. The monoisotopic (exact) mass is 173 g/mol. The number of carbonyl (C=O) groups excluding carboxylic acids is 1. The number of carbonyl (C=O) groups is 1. The lowest BCUT2D eigenvalue weighted by molar-refractivity contribution is -0.384. The van der Waals surface area contributed by atoms with Gasteiger partial charge in [0.15, 0.2) is 0 Å². The van der Waals surface area contributed by atoms with Crippen molar-refractivity contribution in [3.63, 3.8) is 0 Å². The lowest BCUT2D eigenvalue weighted by Crippen LogP contribution is -2.13. The fourth-order valence-corrected chi connectivity index (χ4v) is 0.908. The molecule has 3 nitrogen and oxygen atoms in total. The molecule has 1 rings (SSSR count). The predicted molar refractivity (Wildman–Crippen MR) is 48.8 cm³/mol. The maximum absolute atomic E-state index is 11.3. The third-order valence-electron chi connectivity index (χ3n) is 1.61. The average Bonchev–Trinajstić information content (AvgIpc) is 2.17. The molecular weight excluding hydrogens is 164 g/mol. The Balaban J connectivity index is 3.01. The SMILES string of the molecule is C=[N+](C)C(=O)c1ccc(C#N)cc1. The highest BCUT2D eigenvalue weighted by atomic mass is 16.2. The molecule has 0 aromatic heterocycles. The van der Waals surface area contributed by atoms with Gasteiger partial charge in [0.1, 0.15) is 13.8 Å². The van der Waals surface area contributed by atoms with E-state index >= 15 is 0 Å². The molecule has 3 heteroatoms. The zero-order chi connectivity index (χ0) is 9.84. The number of nitriles is 1. The summed E-state index contributed by atoms with van der Waals surface area (Å²) in [4.78, 5) is 11.3. The van der Waals surface area contributed by atoms with Gasteiger partial charge in [0.25, 0.3) is 0 Å². The van der Waals surface area contributed by atoms with Gasteiger partial charge in [-0.2, -0.15) is 9.84 Å². The van der Waals surface area contributed by atoms with E-state index in [1.807, 2.05) is 6.07 Å². The lowest BCUT2D eigenvalue weighted by Gasteiger charge is -1.93. The standard InChI is InChI=1S/C10H9N2O/c1-12(2)10(13)9-5-3-8(7-11)4-6-9/h3-6H,1H2,2H3/q+1. The minimum Gasteiger partial charge on any atom is -0.214 e. The molecule has 0 saturated heterocycles. The number of hydrogen-bond donors (Lipinski definition) is 0. The van der Waals surface area contributed by atoms with E-state index in [-0.39, 0.29) is 5.91 Å². The molecule has 1 amide bonds. The highest BCUT2D eigenvalue weighted by Gasteiger charge is 2.12. The normalized spacial score (nSPS) is 8.92. The second-order valence-corrected chi connectivity index (χ2v) is 2.69. The summed E-state index contributed by atoms with van der Waals surface area (Å²) in [7, 11) is 1.58. The molecule has 1 aromatic rings. The number of nitrogens with zero attached hydrogens (tertiary/aromatic N) is 2. The number of hydrogen-bond acceptors (Lipinski definition) is 2. The Labute approximate surface area is 76.6 Å². The van der Waals surface area contributed by atoms with Crippen LogP contribution < -0.4 is 0 Å². The zero-order valence-corrected chi connectivity index (χ0v) is 7.32. The van der Waals surface area contributed by atoms with Gasteiger partial charge >= 0.3 is 5.91 Å². The Morgan fingerprint density at radius 1 is 1.46 bits per heavy atom. The minimum atomic E-state index is -0.163. The van der Waals surface area contributed by atoms with Gasteiger partial charge in [-0.05, 0) is 24.3 Å². The van der Waals surface area contributed by atoms with Crippen molar-refractivity contribution >= 4 is 12.6 Å². The van der Waals surface area contributed by atoms with E-state index in [0.29, 0.717) is 11.1 Å². The molecule has 0 aliphatic carbocycles. The van der Waals surface area contributed by atoms with Gasteiger partial charge in [-0.25, -0.2) is 4.79 Å². The summed E-state index contributed by atoms with van der Waals surface area (Å²) < 4.78 is 1.25. The summed E-state index contributed by atoms with van der Waals surface area (Å²) in [6.07, 6.45) is 0. The van der Waals surface area contributed by atoms with Crippen molar-refractivity contribution in [3.05, 3.63) is 35.4 Å². The quantitative estimate of drug-likeness (QED) is 0.470. The molecule has 0 unspecified atom stereocenters. The largest absolute Gasteiger partial charge is 0.418 e. The third-order valence-corrected chi connectivity index (χ3v) is 1.61. The Kier molecular flexibility index (Phi) is 2.56. The second kappa shape index (κ2) is 3.63. The van der Waals surface area contributed by atoms with Crippen molar-refractivity contribution in [3.8, 4) is 6.07 Å². The molecule has 0 saturated carbocycles. The van der Waals surface area contributed by atoms with Gasteiger partial charge in [0.2, 0.25) is 0 Å². The van der Waals surface area contributed by atoms with Crippen LogP contribution >= 0.6 is 0 Å². The van der Waals surface area contributed by atoms with Gasteiger partial charge in [0.05, 0.1) is 17.2 Å². The van der Waals surface area contributed by atoms with E-state index in [2.05, 4.69) is 6.72 Å². The van der Waals surface area contributed by atoms with E-state index in [1.165, 1.54) is 4.58 Å². The third kappa shape index (κ3) is 2.00. The summed E-state index contributed by atoms with van der Waals surface area (Å²) in [5.74, 6) is -0.163. The lowest BCUT2D eigenvalue weighted by atomic mass is 10.1. The number of rotatable bonds is 1. The van der Waals surface area contributed by atoms with Crippen LogP contribution in [0.1, 0.15) is 15.9 Å². The Bertz CT molecular complexity index is 384. The van der Waals surface area contributed by atoms with Crippen LogP contribution in [0.3, 0.4) is 0 Å². The summed E-state index contributed by atoms with van der Waals surface area (Å²) in [6, 6.07) is 8.42. The van der Waals surface area contributed by atoms with Crippen LogP contribution in [-0.2, 0) is 0 Å². The Morgan fingerprint density at radius 3 is 2.38 bits per heavy atom. The fourth-order valence-electron chi connectivity index (χ4n) is 0.908. The van der Waals surface area contributed by atoms with Gasteiger partial charge in [-0.15, -0.1) is 0 Å². The molecule has 64 valence electrons. The molecule has 0 bridgehead atoms. The van der Waals surface area contributed by atoms with Crippen LogP contribution in [0, 0.1) is 11.3 Å². The summed E-state index contributed by atoms with van der Waals surface area (Å²) in [5, 5.41) is 8.52. The van der Waals surface area contributed by atoms with Crippen molar-refractivity contribution in [1.82, 2.24) is 0 Å². The van der Waals surface area contributed by atoms with Crippen molar-refractivity contribution in [2.45, 2.75) is 0 Å². The minimum absolute atomic E-state index is 0.163. The topological polar surface area (TPSA) is 43.9 Å². The first-order valence-corrected chi connectivity index (χ1v) is 3.74.